The van der Waals surface area contributed by atoms with Crippen LogP contribution in [0.1, 0.15) is 30.5 Å². The molecule has 0 fully saturated rings. The Morgan fingerprint density at radius 2 is 2.04 bits per heavy atom. The number of hydrogen-bond acceptors (Lipinski definition) is 4. The number of carbonyl (C=O) groups excluding carboxylic acids is 1. The number of pyridine rings is 1. The minimum absolute atomic E-state index is 0.242. The summed E-state index contributed by atoms with van der Waals surface area (Å²) in [4.78, 5) is 23.7. The minimum atomic E-state index is -0.862. The van der Waals surface area contributed by atoms with E-state index in [4.69, 9.17) is 4.74 Å². The van der Waals surface area contributed by atoms with Crippen LogP contribution in [0.2, 0.25) is 0 Å². The van der Waals surface area contributed by atoms with Gasteiger partial charge in [-0.25, -0.2) is 0 Å². The summed E-state index contributed by atoms with van der Waals surface area (Å²) in [6.07, 6.45) is 2.19. The molecule has 0 spiro atoms. The number of carbonyl (C=O) groups is 1. The maximum Gasteiger partial charge on any atom is 0.255 e. The fourth-order valence-electron chi connectivity index (χ4n) is 3.08. The van der Waals surface area contributed by atoms with Crippen LogP contribution in [0.25, 0.3) is 5.70 Å². The minimum Gasteiger partial charge on any atom is -0.481 e. The molecule has 0 aliphatic carbocycles. The van der Waals surface area contributed by atoms with Crippen LogP contribution in [0.4, 0.5) is 0 Å². The lowest BCUT2D eigenvalue weighted by Gasteiger charge is -2.37. The van der Waals surface area contributed by atoms with E-state index >= 15 is 0 Å². The molecule has 1 aromatic heterocycles. The molecule has 2 heterocycles. The van der Waals surface area contributed by atoms with Gasteiger partial charge in [-0.3, -0.25) is 14.2 Å². The number of ether oxygens (including phenoxy) is 1. The van der Waals surface area contributed by atoms with Crippen LogP contribution >= 0.6 is 0 Å². The summed E-state index contributed by atoms with van der Waals surface area (Å²) < 4.78 is 7.51. The van der Waals surface area contributed by atoms with E-state index in [0.29, 0.717) is 40.2 Å². The average molecular weight is 335 g/mol. The van der Waals surface area contributed by atoms with Gasteiger partial charge in [0.05, 0.1) is 23.0 Å². The Bertz CT molecular complexity index is 994. The molecule has 1 amide bonds. The lowest BCUT2D eigenvalue weighted by molar-refractivity contribution is -0.109. The quantitative estimate of drug-likeness (QED) is 0.871. The Hall–Kier alpha value is -3.33. The van der Waals surface area contributed by atoms with Gasteiger partial charge in [0.15, 0.2) is 0 Å². The predicted octanol–water partition coefficient (Wildman–Crippen LogP) is 2.16. The van der Waals surface area contributed by atoms with Crippen LogP contribution in [0.5, 0.6) is 5.75 Å². The van der Waals surface area contributed by atoms with Crippen molar-refractivity contribution in [1.82, 2.24) is 9.88 Å². The summed E-state index contributed by atoms with van der Waals surface area (Å²) in [5.74, 6) is 0.559. The molecule has 25 heavy (non-hydrogen) atoms. The lowest BCUT2D eigenvalue weighted by Crippen LogP contribution is -2.43. The predicted molar refractivity (Wildman–Crippen MR) is 92.8 cm³/mol. The fraction of sp³-hybridized carbons (Fsp3) is 0.211. The third-order valence-electron chi connectivity index (χ3n) is 4.25. The molecule has 0 bridgehead atoms. The zero-order chi connectivity index (χ0) is 18.2. The van der Waals surface area contributed by atoms with E-state index in [1.165, 1.54) is 10.6 Å². The first-order valence-electron chi connectivity index (χ1n) is 7.77. The van der Waals surface area contributed by atoms with Gasteiger partial charge in [-0.1, -0.05) is 6.07 Å². The van der Waals surface area contributed by atoms with Gasteiger partial charge in [-0.05, 0) is 44.5 Å². The number of nitrogens with one attached hydrogen (secondary N) is 1. The molecule has 126 valence electrons. The zero-order valence-electron chi connectivity index (χ0n) is 14.2. The Morgan fingerprint density at radius 3 is 2.68 bits per heavy atom. The van der Waals surface area contributed by atoms with E-state index in [2.05, 4.69) is 11.4 Å². The van der Waals surface area contributed by atoms with Crippen LogP contribution in [0.15, 0.2) is 47.0 Å². The summed E-state index contributed by atoms with van der Waals surface area (Å²) in [6, 6.07) is 10.4. The topological polar surface area (TPSA) is 84.1 Å². The van der Waals surface area contributed by atoms with E-state index in [9.17, 15) is 14.9 Å². The first kappa shape index (κ1) is 16.5. The highest BCUT2D eigenvalue weighted by Gasteiger charge is 2.37. The third kappa shape index (κ3) is 2.60. The molecule has 1 aliphatic rings. The van der Waals surface area contributed by atoms with Gasteiger partial charge in [0.1, 0.15) is 11.4 Å². The molecule has 1 aromatic carbocycles. The van der Waals surface area contributed by atoms with Crippen molar-refractivity contribution < 1.29 is 9.53 Å². The maximum atomic E-state index is 12.5. The van der Waals surface area contributed by atoms with Gasteiger partial charge in [-0.15, -0.1) is 0 Å². The Kier molecular flexibility index (Phi) is 3.93. The van der Waals surface area contributed by atoms with Gasteiger partial charge < -0.3 is 10.1 Å². The zero-order valence-corrected chi connectivity index (χ0v) is 14.2. The molecule has 0 atom stereocenters. The molecule has 0 radical (unpaired) electrons. The van der Waals surface area contributed by atoms with Crippen molar-refractivity contribution >= 4 is 12.1 Å². The van der Waals surface area contributed by atoms with Crippen molar-refractivity contribution in [3.8, 4) is 11.8 Å². The molecule has 1 N–H and O–H groups in total. The first-order valence-corrected chi connectivity index (χ1v) is 7.77. The summed E-state index contributed by atoms with van der Waals surface area (Å²) in [5, 5.41) is 12.0. The van der Waals surface area contributed by atoms with Crippen molar-refractivity contribution in [1.29, 1.82) is 5.26 Å². The molecule has 0 saturated heterocycles. The number of nitrogens with zero attached hydrogens (tertiary/aromatic N) is 2. The smallest absolute Gasteiger partial charge is 0.255 e. The SMILES string of the molecule is Cc1c(C#N)ccc2c1C(n1ccccc1=O)=C(NC=O)C(C)(C)O2. The number of benzene rings is 1. The highest BCUT2D eigenvalue weighted by atomic mass is 16.5. The van der Waals surface area contributed by atoms with E-state index in [1.54, 1.807) is 37.4 Å². The summed E-state index contributed by atoms with van der Waals surface area (Å²) in [5.41, 5.74) is 1.66. The number of rotatable bonds is 3. The van der Waals surface area contributed by atoms with Crippen LogP contribution in [-0.2, 0) is 4.79 Å². The molecule has 2 aromatic rings. The highest BCUT2D eigenvalue weighted by molar-refractivity contribution is 5.81. The third-order valence-corrected chi connectivity index (χ3v) is 4.25. The molecule has 1 aliphatic heterocycles. The maximum absolute atomic E-state index is 12.5. The van der Waals surface area contributed by atoms with Crippen molar-refractivity contribution in [3.63, 3.8) is 0 Å². The number of aromatic nitrogens is 1. The molecular weight excluding hydrogens is 318 g/mol. The lowest BCUT2D eigenvalue weighted by atomic mass is 9.90. The number of hydrogen-bond donors (Lipinski definition) is 1. The van der Waals surface area contributed by atoms with Crippen LogP contribution < -0.4 is 15.6 Å². The summed E-state index contributed by atoms with van der Waals surface area (Å²) >= 11 is 0. The Labute approximate surface area is 145 Å². The van der Waals surface area contributed by atoms with Crippen LogP contribution in [0.3, 0.4) is 0 Å². The normalized spacial score (nSPS) is 15.0. The second-order valence-corrected chi connectivity index (χ2v) is 6.23. The van der Waals surface area contributed by atoms with Gasteiger partial charge in [0.2, 0.25) is 6.41 Å². The summed E-state index contributed by atoms with van der Waals surface area (Å²) in [7, 11) is 0. The van der Waals surface area contributed by atoms with E-state index < -0.39 is 5.60 Å². The van der Waals surface area contributed by atoms with Crippen molar-refractivity contribution in [2.24, 2.45) is 0 Å². The second kappa shape index (κ2) is 5.95. The Morgan fingerprint density at radius 1 is 1.28 bits per heavy atom. The van der Waals surface area contributed by atoms with Gasteiger partial charge in [-0.2, -0.15) is 5.26 Å². The molecule has 3 rings (SSSR count). The van der Waals surface area contributed by atoms with Gasteiger partial charge in [0, 0.05) is 17.8 Å². The van der Waals surface area contributed by atoms with Crippen molar-refractivity contribution in [3.05, 3.63) is 69.3 Å². The van der Waals surface area contributed by atoms with Gasteiger partial charge in [0.25, 0.3) is 5.56 Å². The van der Waals surface area contributed by atoms with Crippen LogP contribution in [-0.4, -0.2) is 16.6 Å². The van der Waals surface area contributed by atoms with Crippen LogP contribution in [0, 0.1) is 18.3 Å². The summed E-state index contributed by atoms with van der Waals surface area (Å²) in [6.45, 7) is 5.41. The number of fused-ring (bicyclic) bond motifs is 1. The van der Waals surface area contributed by atoms with Gasteiger partial charge >= 0.3 is 0 Å². The largest absolute Gasteiger partial charge is 0.481 e. The molecular formula is C19H17N3O3. The van der Waals surface area contributed by atoms with E-state index in [0.717, 1.165) is 0 Å². The molecule has 0 saturated carbocycles. The monoisotopic (exact) mass is 335 g/mol. The molecule has 6 nitrogen and oxygen atoms in total. The standard InChI is InChI=1S/C19H17N3O3/c1-12-13(10-20)7-8-14-16(12)17(22-9-5-4-6-15(22)24)18(21-11-23)19(2,3)25-14/h4-9,11H,1-3H3,(H,21,23). The van der Waals surface area contributed by atoms with E-state index in [1.807, 2.05) is 13.8 Å². The average Bonchev–Trinajstić information content (AvgIpc) is 2.57. The second-order valence-electron chi connectivity index (χ2n) is 6.23. The molecule has 6 heteroatoms. The fourth-order valence-corrected chi connectivity index (χ4v) is 3.08. The number of nitriles is 1. The highest BCUT2D eigenvalue weighted by Crippen LogP contribution is 2.42. The Balaban J connectivity index is 2.48. The molecule has 0 unspecified atom stereocenters. The first-order chi connectivity index (χ1) is 11.9. The van der Waals surface area contributed by atoms with E-state index in [-0.39, 0.29) is 5.56 Å². The number of amides is 1. The van der Waals surface area contributed by atoms with Crippen molar-refractivity contribution in [2.45, 2.75) is 26.4 Å². The van der Waals surface area contributed by atoms with Crippen molar-refractivity contribution in [2.75, 3.05) is 0 Å².